The first-order chi connectivity index (χ1) is 30.9. The molecule has 2 heteroatoms. The topological polar surface area (TPSA) is 12.5 Å². The van der Waals surface area contributed by atoms with Crippen molar-refractivity contribution < 1.29 is 4.74 Å². The number of nitrogens with zero attached hydrogens (tertiary/aromatic N) is 1. The molecule has 4 bridgehead atoms. The van der Waals surface area contributed by atoms with Crippen molar-refractivity contribution in [1.82, 2.24) is 0 Å². The van der Waals surface area contributed by atoms with Gasteiger partial charge in [-0.05, 0) is 142 Å². The largest absolute Gasteiger partial charge is 0.456 e. The van der Waals surface area contributed by atoms with Crippen molar-refractivity contribution >= 4 is 17.1 Å². The minimum absolute atomic E-state index is 0.164. The first kappa shape index (κ1) is 37.0. The van der Waals surface area contributed by atoms with E-state index in [1.165, 1.54) is 82.2 Å². The van der Waals surface area contributed by atoms with Gasteiger partial charge in [0.2, 0.25) is 0 Å². The van der Waals surface area contributed by atoms with E-state index in [4.69, 9.17) is 4.74 Å². The van der Waals surface area contributed by atoms with Gasteiger partial charge in [0.1, 0.15) is 11.5 Å². The number of benzene rings is 8. The van der Waals surface area contributed by atoms with Crippen LogP contribution in [0.5, 0.6) is 11.5 Å². The van der Waals surface area contributed by atoms with Gasteiger partial charge in [-0.25, -0.2) is 0 Å². The van der Waals surface area contributed by atoms with E-state index in [1.807, 2.05) is 0 Å². The number of rotatable bonds is 6. The number of anilines is 3. The average Bonchev–Trinajstić information content (AvgIpc) is 3.61. The van der Waals surface area contributed by atoms with Crippen LogP contribution in [0.15, 0.2) is 188 Å². The predicted molar refractivity (Wildman–Crippen MR) is 259 cm³/mol. The molecule has 14 rings (SSSR count). The van der Waals surface area contributed by atoms with Gasteiger partial charge in [-0.1, -0.05) is 159 Å². The zero-order valence-electron chi connectivity index (χ0n) is 36.1. The Hall–Kier alpha value is -6.64. The SMILES string of the molecule is CC1(C)c2ccc(N(c3ccc(-c4ccccc4)cc3)c3ccc(-c4ccccc4)cc3)cc2Oc2c(-c3ccc4c(c3)-c3ccccc3C43C4CC5CC(C4)CC3C5)cccc21. The van der Waals surface area contributed by atoms with E-state index < -0.39 is 0 Å². The van der Waals surface area contributed by atoms with Crippen molar-refractivity contribution in [2.75, 3.05) is 4.90 Å². The van der Waals surface area contributed by atoms with E-state index in [0.717, 1.165) is 57.8 Å². The van der Waals surface area contributed by atoms with Crippen LogP contribution in [-0.4, -0.2) is 0 Å². The highest BCUT2D eigenvalue weighted by molar-refractivity contribution is 5.88. The summed E-state index contributed by atoms with van der Waals surface area (Å²) in [7, 11) is 0. The fourth-order valence-corrected chi connectivity index (χ4v) is 13.5. The zero-order chi connectivity index (χ0) is 41.9. The molecule has 0 N–H and O–H groups in total. The molecular weight excluding hydrogens is 763 g/mol. The third kappa shape index (κ3) is 5.56. The molecule has 306 valence electrons. The number of ether oxygens (including phenoxy) is 1. The van der Waals surface area contributed by atoms with E-state index >= 15 is 0 Å². The summed E-state index contributed by atoms with van der Waals surface area (Å²) in [4.78, 5) is 2.36. The summed E-state index contributed by atoms with van der Waals surface area (Å²) in [5.41, 5.74) is 18.9. The zero-order valence-corrected chi connectivity index (χ0v) is 36.1. The second-order valence-corrected chi connectivity index (χ2v) is 19.7. The smallest absolute Gasteiger partial charge is 0.139 e. The van der Waals surface area contributed by atoms with E-state index in [1.54, 1.807) is 11.1 Å². The van der Waals surface area contributed by atoms with Crippen molar-refractivity contribution in [3.63, 3.8) is 0 Å². The Bertz CT molecular complexity index is 2940. The predicted octanol–water partition coefficient (Wildman–Crippen LogP) is 16.3. The molecule has 0 unspecified atom stereocenters. The molecule has 1 aliphatic heterocycles. The molecule has 6 aliphatic rings. The van der Waals surface area contributed by atoms with E-state index in [-0.39, 0.29) is 10.8 Å². The Morgan fingerprint density at radius 1 is 0.397 bits per heavy atom. The van der Waals surface area contributed by atoms with Crippen molar-refractivity contribution in [2.45, 2.75) is 56.8 Å². The molecule has 0 amide bonds. The van der Waals surface area contributed by atoms with Crippen LogP contribution in [0.2, 0.25) is 0 Å². The minimum Gasteiger partial charge on any atom is -0.456 e. The number of hydrogen-bond donors (Lipinski definition) is 0. The highest BCUT2D eigenvalue weighted by Crippen LogP contribution is 2.69. The molecule has 5 aliphatic carbocycles. The Balaban J connectivity index is 0.904. The summed E-state index contributed by atoms with van der Waals surface area (Å²) in [6.07, 6.45) is 7.06. The molecule has 0 saturated heterocycles. The Labute approximate surface area is 371 Å². The first-order valence-corrected chi connectivity index (χ1v) is 23.3. The fourth-order valence-electron chi connectivity index (χ4n) is 13.5. The van der Waals surface area contributed by atoms with E-state index in [2.05, 4.69) is 207 Å². The maximum absolute atomic E-state index is 7.26. The molecule has 4 fully saturated rings. The molecule has 8 aromatic carbocycles. The van der Waals surface area contributed by atoms with Crippen LogP contribution in [0.1, 0.15) is 68.2 Å². The first-order valence-electron chi connectivity index (χ1n) is 23.3. The molecule has 8 aromatic rings. The Morgan fingerprint density at radius 3 is 1.52 bits per heavy atom. The third-order valence-electron chi connectivity index (χ3n) is 16.1. The highest BCUT2D eigenvalue weighted by Gasteiger charge is 2.61. The van der Waals surface area contributed by atoms with Crippen LogP contribution in [0.25, 0.3) is 44.5 Å². The molecule has 4 saturated carbocycles. The summed E-state index contributed by atoms with van der Waals surface area (Å²) in [5, 5.41) is 0. The lowest BCUT2D eigenvalue weighted by molar-refractivity contribution is -0.0399. The van der Waals surface area contributed by atoms with Crippen molar-refractivity contribution in [1.29, 1.82) is 0 Å². The van der Waals surface area contributed by atoms with Gasteiger partial charge in [-0.2, -0.15) is 0 Å². The molecule has 1 spiro atoms. The lowest BCUT2D eigenvalue weighted by atomic mass is 9.43. The van der Waals surface area contributed by atoms with Crippen LogP contribution in [-0.2, 0) is 10.8 Å². The monoisotopic (exact) mass is 813 g/mol. The Morgan fingerprint density at radius 2 is 0.889 bits per heavy atom. The number of hydrogen-bond acceptors (Lipinski definition) is 2. The lowest BCUT2D eigenvalue weighted by Gasteiger charge is -2.61. The molecule has 0 atom stereocenters. The second kappa shape index (κ2) is 13.9. The quantitative estimate of drug-likeness (QED) is 0.166. The molecule has 0 radical (unpaired) electrons. The van der Waals surface area contributed by atoms with E-state index in [9.17, 15) is 0 Å². The molecule has 2 nitrogen and oxygen atoms in total. The highest BCUT2D eigenvalue weighted by atomic mass is 16.5. The molecule has 0 aromatic heterocycles. The summed E-state index contributed by atoms with van der Waals surface area (Å²) >= 11 is 0. The van der Waals surface area contributed by atoms with Gasteiger partial charge in [0, 0.05) is 50.6 Å². The van der Waals surface area contributed by atoms with Crippen LogP contribution in [0, 0.1) is 23.7 Å². The van der Waals surface area contributed by atoms with Crippen LogP contribution in [0.4, 0.5) is 17.1 Å². The number of para-hydroxylation sites is 1. The van der Waals surface area contributed by atoms with Gasteiger partial charge >= 0.3 is 0 Å². The van der Waals surface area contributed by atoms with Gasteiger partial charge in [-0.3, -0.25) is 0 Å². The average molecular weight is 814 g/mol. The summed E-state index contributed by atoms with van der Waals surface area (Å²) in [5.74, 6) is 5.24. The maximum atomic E-state index is 7.26. The van der Waals surface area contributed by atoms with Crippen LogP contribution in [0.3, 0.4) is 0 Å². The normalized spacial score (nSPS) is 22.8. The van der Waals surface area contributed by atoms with Crippen LogP contribution >= 0.6 is 0 Å². The third-order valence-corrected chi connectivity index (χ3v) is 16.1. The molecule has 63 heavy (non-hydrogen) atoms. The summed E-state index contributed by atoms with van der Waals surface area (Å²) in [6, 6.07) is 69.7. The number of fused-ring (bicyclic) bond motifs is 5. The minimum atomic E-state index is -0.273. The molecular formula is C61H51NO. The van der Waals surface area contributed by atoms with E-state index in [0.29, 0.717) is 0 Å². The fraction of sp³-hybridized carbons (Fsp3) is 0.213. The summed E-state index contributed by atoms with van der Waals surface area (Å²) in [6.45, 7) is 4.71. The standard InChI is InChI=1S/C61H51NO/c1-60(2)56-31-29-50(62(48-25-20-43(21-26-48)41-12-5-3-6-13-41)49-27-22-44(23-28-49)42-14-7-4-8-15-42)38-58(56)63-59-51(17-11-19-57(59)60)45-24-30-55-53(37-45)52-16-9-10-18-54(52)61(55)46-33-39-32-40(35-46)36-47(61)34-39/h3-31,37-40,46-47H,32-36H2,1-2H3. The lowest BCUT2D eigenvalue weighted by Crippen LogP contribution is -2.55. The maximum Gasteiger partial charge on any atom is 0.139 e. The van der Waals surface area contributed by atoms with Crippen molar-refractivity contribution in [2.24, 2.45) is 23.7 Å². The second-order valence-electron chi connectivity index (χ2n) is 19.7. The van der Waals surface area contributed by atoms with Gasteiger partial charge in [0.15, 0.2) is 0 Å². The van der Waals surface area contributed by atoms with Gasteiger partial charge in [0.05, 0.1) is 0 Å². The summed E-state index contributed by atoms with van der Waals surface area (Å²) < 4.78 is 7.26. The van der Waals surface area contributed by atoms with Gasteiger partial charge in [0.25, 0.3) is 0 Å². The van der Waals surface area contributed by atoms with Crippen molar-refractivity contribution in [3.05, 3.63) is 210 Å². The Kier molecular flexibility index (Phi) is 8.17. The van der Waals surface area contributed by atoms with Gasteiger partial charge < -0.3 is 9.64 Å². The van der Waals surface area contributed by atoms with Gasteiger partial charge in [-0.15, -0.1) is 0 Å². The van der Waals surface area contributed by atoms with Crippen molar-refractivity contribution in [3.8, 4) is 56.0 Å². The molecule has 1 heterocycles. The van der Waals surface area contributed by atoms with Crippen LogP contribution < -0.4 is 9.64 Å².